The fourth-order valence-electron chi connectivity index (χ4n) is 2.22. The summed E-state index contributed by atoms with van der Waals surface area (Å²) in [4.78, 5) is 11.9. The molecule has 0 spiro atoms. The predicted molar refractivity (Wildman–Crippen MR) is 66.5 cm³/mol. The predicted octanol–water partition coefficient (Wildman–Crippen LogP) is 2.87. The van der Waals surface area contributed by atoms with Crippen LogP contribution >= 0.6 is 0 Å². The molecule has 1 heterocycles. The van der Waals surface area contributed by atoms with Gasteiger partial charge in [0.2, 0.25) is 5.91 Å². The molecule has 0 fully saturated rings. The van der Waals surface area contributed by atoms with Crippen LogP contribution in [0.1, 0.15) is 36.3 Å². The summed E-state index contributed by atoms with van der Waals surface area (Å²) in [6.45, 7) is 4.42. The van der Waals surface area contributed by atoms with Gasteiger partial charge in [-0.25, -0.2) is 0 Å². The smallest absolute Gasteiger partial charge is 0.223 e. The molecule has 1 unspecified atom stereocenters. The van der Waals surface area contributed by atoms with Crippen LogP contribution in [0, 0.1) is 19.8 Å². The van der Waals surface area contributed by atoms with Crippen LogP contribution in [0.15, 0.2) is 22.6 Å². The summed E-state index contributed by atoms with van der Waals surface area (Å²) < 4.78 is 5.43. The molecule has 0 radical (unpaired) electrons. The molecule has 3 nitrogen and oxygen atoms in total. The molecule has 1 aliphatic carbocycles. The number of carbonyl (C=O) groups excluding carboxylic acids is 1. The number of amides is 1. The van der Waals surface area contributed by atoms with Gasteiger partial charge in [0, 0.05) is 18.0 Å². The van der Waals surface area contributed by atoms with E-state index in [1.165, 1.54) is 0 Å². The van der Waals surface area contributed by atoms with E-state index in [1.54, 1.807) is 0 Å². The molecule has 92 valence electrons. The van der Waals surface area contributed by atoms with Gasteiger partial charge in [-0.05, 0) is 39.2 Å². The molecule has 0 saturated heterocycles. The zero-order valence-corrected chi connectivity index (χ0v) is 10.5. The van der Waals surface area contributed by atoms with Gasteiger partial charge in [-0.1, -0.05) is 12.2 Å². The van der Waals surface area contributed by atoms with Crippen LogP contribution in [-0.4, -0.2) is 5.91 Å². The van der Waals surface area contributed by atoms with Crippen LogP contribution in [0.5, 0.6) is 0 Å². The van der Waals surface area contributed by atoms with E-state index in [-0.39, 0.29) is 11.8 Å². The van der Waals surface area contributed by atoms with Crippen LogP contribution in [-0.2, 0) is 11.3 Å². The van der Waals surface area contributed by atoms with Gasteiger partial charge in [0.15, 0.2) is 0 Å². The standard InChI is InChI=1S/C14H19NO2/c1-10-8-13(11(2)17-10)9-15-14(16)12-6-4-3-5-7-12/h3-4,8,12H,5-7,9H2,1-2H3,(H,15,16). The Morgan fingerprint density at radius 1 is 1.47 bits per heavy atom. The van der Waals surface area contributed by atoms with Crippen molar-refractivity contribution in [3.8, 4) is 0 Å². The molecule has 1 amide bonds. The van der Waals surface area contributed by atoms with Crippen LogP contribution in [0.2, 0.25) is 0 Å². The summed E-state index contributed by atoms with van der Waals surface area (Å²) in [5.41, 5.74) is 1.07. The van der Waals surface area contributed by atoms with Crippen molar-refractivity contribution < 1.29 is 9.21 Å². The van der Waals surface area contributed by atoms with Gasteiger partial charge >= 0.3 is 0 Å². The third-order valence-electron chi connectivity index (χ3n) is 3.24. The SMILES string of the molecule is Cc1cc(CNC(=O)C2CC=CCC2)c(C)o1. The number of aryl methyl sites for hydroxylation is 2. The molecule has 0 bridgehead atoms. The van der Waals surface area contributed by atoms with Crippen molar-refractivity contribution >= 4 is 5.91 Å². The van der Waals surface area contributed by atoms with Gasteiger partial charge in [0.05, 0.1) is 0 Å². The minimum absolute atomic E-state index is 0.147. The summed E-state index contributed by atoms with van der Waals surface area (Å²) >= 11 is 0. The summed E-state index contributed by atoms with van der Waals surface area (Å²) in [6, 6.07) is 1.98. The van der Waals surface area contributed by atoms with Crippen molar-refractivity contribution in [2.24, 2.45) is 5.92 Å². The van der Waals surface area contributed by atoms with Gasteiger partial charge < -0.3 is 9.73 Å². The molecule has 17 heavy (non-hydrogen) atoms. The lowest BCUT2D eigenvalue weighted by molar-refractivity contribution is -0.125. The number of carbonyl (C=O) groups is 1. The highest BCUT2D eigenvalue weighted by atomic mass is 16.3. The summed E-state index contributed by atoms with van der Waals surface area (Å²) in [7, 11) is 0. The second kappa shape index (κ2) is 5.21. The van der Waals surface area contributed by atoms with E-state index in [2.05, 4.69) is 17.5 Å². The third-order valence-corrected chi connectivity index (χ3v) is 3.24. The highest BCUT2D eigenvalue weighted by Gasteiger charge is 2.18. The van der Waals surface area contributed by atoms with Gasteiger partial charge in [-0.15, -0.1) is 0 Å². The molecular weight excluding hydrogens is 214 g/mol. The van der Waals surface area contributed by atoms with Crippen molar-refractivity contribution in [2.75, 3.05) is 0 Å². The highest BCUT2D eigenvalue weighted by molar-refractivity contribution is 5.78. The fraction of sp³-hybridized carbons (Fsp3) is 0.500. The van der Waals surface area contributed by atoms with Gasteiger partial charge in [-0.3, -0.25) is 4.79 Å². The summed E-state index contributed by atoms with van der Waals surface area (Å²) in [5, 5.41) is 2.99. The zero-order chi connectivity index (χ0) is 12.3. The Kier molecular flexibility index (Phi) is 3.67. The van der Waals surface area contributed by atoms with Gasteiger partial charge in [0.1, 0.15) is 11.5 Å². The quantitative estimate of drug-likeness (QED) is 0.816. The number of hydrogen-bond acceptors (Lipinski definition) is 2. The van der Waals surface area contributed by atoms with E-state index < -0.39 is 0 Å². The molecule has 1 atom stereocenters. The van der Waals surface area contributed by atoms with E-state index in [0.29, 0.717) is 6.54 Å². The molecule has 0 saturated carbocycles. The normalized spacial score (nSPS) is 19.3. The number of allylic oxidation sites excluding steroid dienone is 2. The van der Waals surface area contributed by atoms with Crippen molar-refractivity contribution in [2.45, 2.75) is 39.7 Å². The van der Waals surface area contributed by atoms with E-state index >= 15 is 0 Å². The second-order valence-corrected chi connectivity index (χ2v) is 4.64. The van der Waals surface area contributed by atoms with E-state index in [4.69, 9.17) is 4.42 Å². The maximum absolute atomic E-state index is 11.9. The Morgan fingerprint density at radius 2 is 2.29 bits per heavy atom. The fourth-order valence-corrected chi connectivity index (χ4v) is 2.22. The third kappa shape index (κ3) is 2.99. The lowest BCUT2D eigenvalue weighted by Crippen LogP contribution is -2.30. The van der Waals surface area contributed by atoms with Crippen LogP contribution in [0.3, 0.4) is 0 Å². The molecule has 0 aromatic carbocycles. The Labute approximate surface area is 102 Å². The molecular formula is C14H19NO2. The number of nitrogens with one attached hydrogen (secondary N) is 1. The summed E-state index contributed by atoms with van der Waals surface area (Å²) in [6.07, 6.45) is 7.09. The minimum Gasteiger partial charge on any atom is -0.466 e. The van der Waals surface area contributed by atoms with Crippen LogP contribution in [0.4, 0.5) is 0 Å². The van der Waals surface area contributed by atoms with Crippen molar-refractivity contribution in [3.63, 3.8) is 0 Å². The second-order valence-electron chi connectivity index (χ2n) is 4.64. The van der Waals surface area contributed by atoms with E-state index in [0.717, 1.165) is 36.3 Å². The first-order valence-corrected chi connectivity index (χ1v) is 6.15. The minimum atomic E-state index is 0.147. The molecule has 1 aromatic rings. The lowest BCUT2D eigenvalue weighted by atomic mass is 9.93. The Balaban J connectivity index is 1.87. The molecule has 2 rings (SSSR count). The topological polar surface area (TPSA) is 42.2 Å². The van der Waals surface area contributed by atoms with E-state index in [9.17, 15) is 4.79 Å². The average molecular weight is 233 g/mol. The van der Waals surface area contributed by atoms with Crippen molar-refractivity contribution in [1.82, 2.24) is 5.32 Å². The Bertz CT molecular complexity index is 431. The number of hydrogen-bond donors (Lipinski definition) is 1. The van der Waals surface area contributed by atoms with Gasteiger partial charge in [0.25, 0.3) is 0 Å². The van der Waals surface area contributed by atoms with Crippen molar-refractivity contribution in [1.29, 1.82) is 0 Å². The molecule has 1 aromatic heterocycles. The molecule has 1 aliphatic rings. The molecule has 3 heteroatoms. The van der Waals surface area contributed by atoms with E-state index in [1.807, 2.05) is 19.9 Å². The average Bonchev–Trinajstić information content (AvgIpc) is 2.66. The van der Waals surface area contributed by atoms with Crippen LogP contribution < -0.4 is 5.32 Å². The molecule has 0 aliphatic heterocycles. The largest absolute Gasteiger partial charge is 0.466 e. The number of rotatable bonds is 3. The van der Waals surface area contributed by atoms with Crippen molar-refractivity contribution in [3.05, 3.63) is 35.3 Å². The highest BCUT2D eigenvalue weighted by Crippen LogP contribution is 2.19. The lowest BCUT2D eigenvalue weighted by Gasteiger charge is -2.16. The Hall–Kier alpha value is -1.51. The first kappa shape index (κ1) is 12.0. The number of furan rings is 1. The van der Waals surface area contributed by atoms with Crippen LogP contribution in [0.25, 0.3) is 0 Å². The maximum atomic E-state index is 11.9. The first-order chi connectivity index (χ1) is 8.16. The maximum Gasteiger partial charge on any atom is 0.223 e. The summed E-state index contributed by atoms with van der Waals surface area (Å²) in [5.74, 6) is 2.10. The Morgan fingerprint density at radius 3 is 2.88 bits per heavy atom. The zero-order valence-electron chi connectivity index (χ0n) is 10.5. The first-order valence-electron chi connectivity index (χ1n) is 6.15. The molecule has 1 N–H and O–H groups in total. The van der Waals surface area contributed by atoms with Gasteiger partial charge in [-0.2, -0.15) is 0 Å². The monoisotopic (exact) mass is 233 g/mol.